The molecule has 1 aromatic rings. The van der Waals surface area contributed by atoms with E-state index in [9.17, 15) is 4.79 Å². The first-order chi connectivity index (χ1) is 9.02. The standard InChI is InChI=1S/C14H22N4O/c1-10-8-18(9-13(10)17(3)4)14(19)12-6-5-11(15-2)7-16-12/h5-7,10,13,15H,8-9H2,1-4H3. The van der Waals surface area contributed by atoms with Gasteiger partial charge in [0, 0.05) is 26.2 Å². The molecule has 1 N–H and O–H groups in total. The predicted molar refractivity (Wildman–Crippen MR) is 76.3 cm³/mol. The zero-order valence-corrected chi connectivity index (χ0v) is 12.1. The Hall–Kier alpha value is -1.62. The van der Waals surface area contributed by atoms with Crippen molar-refractivity contribution in [3.63, 3.8) is 0 Å². The number of hydrogen-bond donors (Lipinski definition) is 1. The van der Waals surface area contributed by atoms with E-state index >= 15 is 0 Å². The first kappa shape index (κ1) is 13.8. The number of amides is 1. The van der Waals surface area contributed by atoms with Crippen LogP contribution in [0.3, 0.4) is 0 Å². The van der Waals surface area contributed by atoms with Gasteiger partial charge in [-0.1, -0.05) is 6.92 Å². The Morgan fingerprint density at radius 2 is 2.16 bits per heavy atom. The molecule has 104 valence electrons. The van der Waals surface area contributed by atoms with Crippen molar-refractivity contribution in [3.8, 4) is 0 Å². The highest BCUT2D eigenvalue weighted by Crippen LogP contribution is 2.21. The van der Waals surface area contributed by atoms with Crippen molar-refractivity contribution in [3.05, 3.63) is 24.0 Å². The van der Waals surface area contributed by atoms with Gasteiger partial charge in [0.1, 0.15) is 5.69 Å². The van der Waals surface area contributed by atoms with Crippen molar-refractivity contribution in [1.82, 2.24) is 14.8 Å². The van der Waals surface area contributed by atoms with Crippen molar-refractivity contribution in [2.24, 2.45) is 5.92 Å². The largest absolute Gasteiger partial charge is 0.387 e. The third kappa shape index (κ3) is 2.87. The Labute approximate surface area is 114 Å². The Balaban J connectivity index is 2.08. The minimum atomic E-state index is 0.0267. The number of nitrogens with one attached hydrogen (secondary N) is 1. The van der Waals surface area contributed by atoms with Gasteiger partial charge in [-0.3, -0.25) is 4.79 Å². The third-order valence-electron chi connectivity index (χ3n) is 3.79. The molecule has 5 heteroatoms. The first-order valence-electron chi connectivity index (χ1n) is 6.62. The van der Waals surface area contributed by atoms with E-state index in [-0.39, 0.29) is 5.91 Å². The summed E-state index contributed by atoms with van der Waals surface area (Å²) in [6.07, 6.45) is 1.69. The average molecular weight is 262 g/mol. The molecule has 2 unspecified atom stereocenters. The van der Waals surface area contributed by atoms with Crippen LogP contribution in [0.15, 0.2) is 18.3 Å². The minimum Gasteiger partial charge on any atom is -0.387 e. The third-order valence-corrected chi connectivity index (χ3v) is 3.79. The second-order valence-corrected chi connectivity index (χ2v) is 5.40. The van der Waals surface area contributed by atoms with Crippen LogP contribution in [0, 0.1) is 5.92 Å². The first-order valence-corrected chi connectivity index (χ1v) is 6.62. The number of likely N-dealkylation sites (N-methyl/N-ethyl adjacent to an activating group) is 1. The number of likely N-dealkylation sites (tertiary alicyclic amines) is 1. The number of rotatable bonds is 3. The number of pyridine rings is 1. The molecule has 0 spiro atoms. The summed E-state index contributed by atoms with van der Waals surface area (Å²) in [5.74, 6) is 0.523. The molecule has 1 aromatic heterocycles. The molecule has 1 saturated heterocycles. The molecule has 0 bridgehead atoms. The van der Waals surface area contributed by atoms with Gasteiger partial charge in [-0.25, -0.2) is 4.98 Å². The number of aromatic nitrogens is 1. The van der Waals surface area contributed by atoms with E-state index in [0.29, 0.717) is 17.7 Å². The summed E-state index contributed by atoms with van der Waals surface area (Å²) in [5, 5.41) is 3.00. The molecular weight excluding hydrogens is 240 g/mol. The molecule has 0 saturated carbocycles. The van der Waals surface area contributed by atoms with Crippen LogP contribution in [0.4, 0.5) is 5.69 Å². The molecule has 1 aliphatic heterocycles. The summed E-state index contributed by atoms with van der Waals surface area (Å²) in [4.78, 5) is 20.7. The van der Waals surface area contributed by atoms with Gasteiger partial charge in [-0.2, -0.15) is 0 Å². The summed E-state index contributed by atoms with van der Waals surface area (Å²) < 4.78 is 0. The summed E-state index contributed by atoms with van der Waals surface area (Å²) in [7, 11) is 5.96. The summed E-state index contributed by atoms with van der Waals surface area (Å²) in [6.45, 7) is 3.77. The zero-order valence-electron chi connectivity index (χ0n) is 12.1. The van der Waals surface area contributed by atoms with Gasteiger partial charge in [-0.15, -0.1) is 0 Å². The van der Waals surface area contributed by atoms with Gasteiger partial charge in [-0.05, 0) is 32.1 Å². The molecule has 5 nitrogen and oxygen atoms in total. The maximum absolute atomic E-state index is 12.4. The average Bonchev–Trinajstić information content (AvgIpc) is 2.80. The van der Waals surface area contributed by atoms with Gasteiger partial charge >= 0.3 is 0 Å². The molecule has 0 aromatic carbocycles. The summed E-state index contributed by atoms with van der Waals surface area (Å²) in [6, 6.07) is 4.09. The topological polar surface area (TPSA) is 48.5 Å². The molecular formula is C14H22N4O. The molecule has 19 heavy (non-hydrogen) atoms. The summed E-state index contributed by atoms with van der Waals surface area (Å²) >= 11 is 0. The van der Waals surface area contributed by atoms with E-state index in [1.165, 1.54) is 0 Å². The fourth-order valence-corrected chi connectivity index (χ4v) is 2.62. The second kappa shape index (κ2) is 5.57. The van der Waals surface area contributed by atoms with Crippen molar-refractivity contribution in [2.75, 3.05) is 39.5 Å². The molecule has 0 aliphatic carbocycles. The van der Waals surface area contributed by atoms with Crippen LogP contribution >= 0.6 is 0 Å². The van der Waals surface area contributed by atoms with Crippen LogP contribution in [-0.4, -0.2) is 61.0 Å². The highest BCUT2D eigenvalue weighted by atomic mass is 16.2. The number of hydrogen-bond acceptors (Lipinski definition) is 4. The molecule has 2 heterocycles. The van der Waals surface area contributed by atoms with Gasteiger partial charge in [0.2, 0.25) is 0 Å². The maximum Gasteiger partial charge on any atom is 0.272 e. The molecule has 1 amide bonds. The van der Waals surface area contributed by atoms with Gasteiger partial charge in [0.15, 0.2) is 0 Å². The van der Waals surface area contributed by atoms with E-state index in [1.807, 2.05) is 18.0 Å². The molecule has 0 radical (unpaired) electrons. The van der Waals surface area contributed by atoms with Crippen LogP contribution in [0.2, 0.25) is 0 Å². The lowest BCUT2D eigenvalue weighted by atomic mass is 10.1. The minimum absolute atomic E-state index is 0.0267. The van der Waals surface area contributed by atoms with Crippen LogP contribution in [0.1, 0.15) is 17.4 Å². The smallest absolute Gasteiger partial charge is 0.272 e. The molecule has 1 aliphatic rings. The highest BCUT2D eigenvalue weighted by Gasteiger charge is 2.34. The number of nitrogens with zero attached hydrogens (tertiary/aromatic N) is 3. The number of carbonyl (C=O) groups is 1. The van der Waals surface area contributed by atoms with E-state index in [1.54, 1.807) is 12.3 Å². The van der Waals surface area contributed by atoms with E-state index in [4.69, 9.17) is 0 Å². The zero-order chi connectivity index (χ0) is 14.0. The number of carbonyl (C=O) groups excluding carboxylic acids is 1. The lowest BCUT2D eigenvalue weighted by molar-refractivity contribution is 0.0775. The quantitative estimate of drug-likeness (QED) is 0.887. The Morgan fingerprint density at radius 3 is 2.63 bits per heavy atom. The highest BCUT2D eigenvalue weighted by molar-refractivity contribution is 5.92. The number of anilines is 1. The summed E-state index contributed by atoms with van der Waals surface area (Å²) in [5.41, 5.74) is 1.43. The monoisotopic (exact) mass is 262 g/mol. The fraction of sp³-hybridized carbons (Fsp3) is 0.571. The van der Waals surface area contributed by atoms with Crippen molar-refractivity contribution < 1.29 is 4.79 Å². The maximum atomic E-state index is 12.4. The predicted octanol–water partition coefficient (Wildman–Crippen LogP) is 1.15. The van der Waals surface area contributed by atoms with Gasteiger partial charge in [0.05, 0.1) is 11.9 Å². The van der Waals surface area contributed by atoms with Gasteiger partial charge < -0.3 is 15.1 Å². The van der Waals surface area contributed by atoms with Gasteiger partial charge in [0.25, 0.3) is 5.91 Å². The van der Waals surface area contributed by atoms with E-state index in [2.05, 4.69) is 36.2 Å². The van der Waals surface area contributed by atoms with Crippen molar-refractivity contribution in [1.29, 1.82) is 0 Å². The van der Waals surface area contributed by atoms with Crippen molar-refractivity contribution in [2.45, 2.75) is 13.0 Å². The second-order valence-electron chi connectivity index (χ2n) is 5.40. The lowest BCUT2D eigenvalue weighted by Gasteiger charge is -2.22. The van der Waals surface area contributed by atoms with Crippen LogP contribution in [-0.2, 0) is 0 Å². The van der Waals surface area contributed by atoms with E-state index < -0.39 is 0 Å². The van der Waals surface area contributed by atoms with Crippen LogP contribution < -0.4 is 5.32 Å². The Morgan fingerprint density at radius 1 is 1.42 bits per heavy atom. The molecule has 2 atom stereocenters. The molecule has 2 rings (SSSR count). The Kier molecular flexibility index (Phi) is 4.04. The Bertz CT molecular complexity index is 443. The van der Waals surface area contributed by atoms with Crippen molar-refractivity contribution >= 4 is 11.6 Å². The fourth-order valence-electron chi connectivity index (χ4n) is 2.62. The van der Waals surface area contributed by atoms with E-state index in [0.717, 1.165) is 18.8 Å². The van der Waals surface area contributed by atoms with Crippen LogP contribution in [0.25, 0.3) is 0 Å². The molecule has 1 fully saturated rings. The van der Waals surface area contributed by atoms with Crippen LogP contribution in [0.5, 0.6) is 0 Å². The SMILES string of the molecule is CNc1ccc(C(=O)N2CC(C)C(N(C)C)C2)nc1. The lowest BCUT2D eigenvalue weighted by Crippen LogP contribution is -2.36. The normalized spacial score (nSPS) is 22.9.